The largest absolute Gasteiger partial charge is 0.406 e. The second kappa shape index (κ2) is 5.94. The van der Waals surface area contributed by atoms with Gasteiger partial charge in [-0.25, -0.2) is 0 Å². The molecular formula is C18H15F3N2S. The van der Waals surface area contributed by atoms with Crippen molar-refractivity contribution in [2.24, 2.45) is 5.73 Å². The lowest BCUT2D eigenvalue weighted by molar-refractivity contribution is -0.139. The summed E-state index contributed by atoms with van der Waals surface area (Å²) in [5.41, 5.74) is 9.59. The minimum Gasteiger partial charge on any atom is -0.389 e. The standard InChI is InChI=1S/C18H15F3N2S/c1-11-7-15(12-3-2-4-13(9-12)17(22)24)14-5-6-23(16(14)8-11)10-18(19,20)21/h2-9H,10H2,1H3,(H2,22,24). The van der Waals surface area contributed by atoms with Crippen LogP contribution in [0.25, 0.3) is 22.0 Å². The summed E-state index contributed by atoms with van der Waals surface area (Å²) in [7, 11) is 0. The fourth-order valence-electron chi connectivity index (χ4n) is 2.85. The summed E-state index contributed by atoms with van der Waals surface area (Å²) in [6.07, 6.45) is -2.79. The molecule has 0 aliphatic rings. The number of nitrogens with zero attached hydrogens (tertiary/aromatic N) is 1. The zero-order valence-electron chi connectivity index (χ0n) is 12.9. The monoisotopic (exact) mass is 348 g/mol. The second-order valence-electron chi connectivity index (χ2n) is 5.75. The number of benzene rings is 2. The van der Waals surface area contributed by atoms with Crippen molar-refractivity contribution in [2.45, 2.75) is 19.6 Å². The van der Waals surface area contributed by atoms with Gasteiger partial charge in [0, 0.05) is 22.7 Å². The van der Waals surface area contributed by atoms with Gasteiger partial charge in [0.1, 0.15) is 11.5 Å². The molecule has 0 spiro atoms. The predicted octanol–water partition coefficient (Wildman–Crippen LogP) is 4.81. The minimum absolute atomic E-state index is 0.287. The smallest absolute Gasteiger partial charge is 0.389 e. The van der Waals surface area contributed by atoms with Crippen molar-refractivity contribution < 1.29 is 13.2 Å². The SMILES string of the molecule is Cc1cc(-c2cccc(C(N)=S)c2)c2ccn(CC(F)(F)F)c2c1. The molecule has 1 heterocycles. The summed E-state index contributed by atoms with van der Waals surface area (Å²) in [6.45, 7) is 0.859. The van der Waals surface area contributed by atoms with Gasteiger partial charge in [-0.15, -0.1) is 0 Å². The van der Waals surface area contributed by atoms with Crippen molar-refractivity contribution in [2.75, 3.05) is 0 Å². The van der Waals surface area contributed by atoms with Gasteiger partial charge in [0.25, 0.3) is 0 Å². The van der Waals surface area contributed by atoms with E-state index in [0.29, 0.717) is 5.52 Å². The first kappa shape index (κ1) is 16.5. The van der Waals surface area contributed by atoms with Gasteiger partial charge in [-0.2, -0.15) is 13.2 Å². The summed E-state index contributed by atoms with van der Waals surface area (Å²) in [5, 5.41) is 0.768. The van der Waals surface area contributed by atoms with Crippen LogP contribution in [0.3, 0.4) is 0 Å². The van der Waals surface area contributed by atoms with Gasteiger partial charge >= 0.3 is 6.18 Å². The van der Waals surface area contributed by atoms with Crippen LogP contribution in [0.4, 0.5) is 13.2 Å². The Labute approximate surface area is 142 Å². The Hall–Kier alpha value is -2.34. The number of nitrogens with two attached hydrogens (primary N) is 1. The summed E-state index contributed by atoms with van der Waals surface area (Å²) in [4.78, 5) is 0.287. The molecule has 0 atom stereocenters. The molecule has 0 saturated carbocycles. The van der Waals surface area contributed by atoms with Gasteiger partial charge in [0.05, 0.1) is 0 Å². The first-order valence-electron chi connectivity index (χ1n) is 7.31. The van der Waals surface area contributed by atoms with E-state index in [-0.39, 0.29) is 4.99 Å². The van der Waals surface area contributed by atoms with Gasteiger partial charge in [0.2, 0.25) is 0 Å². The van der Waals surface area contributed by atoms with Gasteiger partial charge in [-0.3, -0.25) is 0 Å². The molecule has 0 fully saturated rings. The first-order chi connectivity index (χ1) is 11.2. The zero-order valence-corrected chi connectivity index (χ0v) is 13.7. The lowest BCUT2D eigenvalue weighted by atomic mass is 9.98. The number of aryl methyl sites for hydroxylation is 1. The third-order valence-corrected chi connectivity index (χ3v) is 4.08. The molecule has 1 aromatic heterocycles. The zero-order chi connectivity index (χ0) is 17.5. The molecule has 3 aromatic rings. The molecule has 2 N–H and O–H groups in total. The highest BCUT2D eigenvalue weighted by atomic mass is 32.1. The maximum absolute atomic E-state index is 12.8. The van der Waals surface area contributed by atoms with Gasteiger partial charge < -0.3 is 10.3 Å². The van der Waals surface area contributed by atoms with Crippen LogP contribution in [0.5, 0.6) is 0 Å². The molecule has 124 valence electrons. The molecular weight excluding hydrogens is 333 g/mol. The number of thiocarbonyl (C=S) groups is 1. The van der Waals surface area contributed by atoms with Crippen molar-refractivity contribution in [3.05, 3.63) is 59.8 Å². The van der Waals surface area contributed by atoms with Crippen LogP contribution in [-0.4, -0.2) is 15.7 Å². The predicted molar refractivity (Wildman–Crippen MR) is 94.1 cm³/mol. The van der Waals surface area contributed by atoms with Gasteiger partial charge in [-0.05, 0) is 41.8 Å². The summed E-state index contributed by atoms with van der Waals surface area (Å²) in [6, 6.07) is 12.8. The first-order valence-corrected chi connectivity index (χ1v) is 7.72. The van der Waals surface area contributed by atoms with E-state index in [4.69, 9.17) is 18.0 Å². The van der Waals surface area contributed by atoms with Crippen LogP contribution >= 0.6 is 12.2 Å². The van der Waals surface area contributed by atoms with Crippen molar-refractivity contribution in [3.8, 4) is 11.1 Å². The number of hydrogen-bond donors (Lipinski definition) is 1. The van der Waals surface area contributed by atoms with Crippen LogP contribution in [0.2, 0.25) is 0 Å². The highest BCUT2D eigenvalue weighted by Crippen LogP contribution is 2.32. The molecule has 0 aliphatic carbocycles. The van der Waals surface area contributed by atoms with Crippen LogP contribution in [0, 0.1) is 6.92 Å². The molecule has 24 heavy (non-hydrogen) atoms. The second-order valence-corrected chi connectivity index (χ2v) is 6.19. The molecule has 0 bridgehead atoms. The summed E-state index contributed by atoms with van der Waals surface area (Å²) < 4.78 is 39.5. The average molecular weight is 348 g/mol. The number of hydrogen-bond acceptors (Lipinski definition) is 1. The van der Waals surface area contributed by atoms with E-state index in [1.807, 2.05) is 37.3 Å². The van der Waals surface area contributed by atoms with Gasteiger partial charge in [0.15, 0.2) is 0 Å². The number of rotatable bonds is 3. The highest BCUT2D eigenvalue weighted by molar-refractivity contribution is 7.80. The summed E-state index contributed by atoms with van der Waals surface area (Å²) in [5.74, 6) is 0. The molecule has 0 amide bonds. The van der Waals surface area contributed by atoms with Gasteiger partial charge in [-0.1, -0.05) is 36.5 Å². The number of aromatic nitrogens is 1. The normalized spacial score (nSPS) is 11.8. The van der Waals surface area contributed by atoms with E-state index in [1.165, 1.54) is 10.8 Å². The number of fused-ring (bicyclic) bond motifs is 1. The topological polar surface area (TPSA) is 30.9 Å². The minimum atomic E-state index is -4.26. The van der Waals surface area contributed by atoms with Crippen molar-refractivity contribution in [1.29, 1.82) is 0 Å². The lowest BCUT2D eigenvalue weighted by Crippen LogP contribution is -2.16. The third-order valence-electron chi connectivity index (χ3n) is 3.84. The van der Waals surface area contributed by atoms with Crippen molar-refractivity contribution in [3.63, 3.8) is 0 Å². The number of alkyl halides is 3. The maximum Gasteiger partial charge on any atom is 0.406 e. The lowest BCUT2D eigenvalue weighted by Gasteiger charge is -2.12. The van der Waals surface area contributed by atoms with Crippen LogP contribution in [0.15, 0.2) is 48.7 Å². The molecule has 0 unspecified atom stereocenters. The highest BCUT2D eigenvalue weighted by Gasteiger charge is 2.28. The van der Waals surface area contributed by atoms with Crippen LogP contribution < -0.4 is 5.73 Å². The van der Waals surface area contributed by atoms with Crippen molar-refractivity contribution in [1.82, 2.24) is 4.57 Å². The molecule has 0 radical (unpaired) electrons. The Bertz CT molecular complexity index is 926. The molecule has 0 saturated heterocycles. The van der Waals surface area contributed by atoms with E-state index < -0.39 is 12.7 Å². The quantitative estimate of drug-likeness (QED) is 0.689. The van der Waals surface area contributed by atoms with E-state index >= 15 is 0 Å². The average Bonchev–Trinajstić information content (AvgIpc) is 2.87. The Balaban J connectivity index is 2.19. The molecule has 2 aromatic carbocycles. The molecule has 3 rings (SSSR count). The maximum atomic E-state index is 12.8. The third kappa shape index (κ3) is 3.28. The summed E-state index contributed by atoms with van der Waals surface area (Å²) >= 11 is 5.01. The van der Waals surface area contributed by atoms with Crippen molar-refractivity contribution >= 4 is 28.1 Å². The van der Waals surface area contributed by atoms with Crippen LogP contribution in [-0.2, 0) is 6.54 Å². The fraction of sp³-hybridized carbons (Fsp3) is 0.167. The van der Waals surface area contributed by atoms with Crippen LogP contribution in [0.1, 0.15) is 11.1 Å². The fourth-order valence-corrected chi connectivity index (χ4v) is 2.97. The van der Waals surface area contributed by atoms with E-state index in [2.05, 4.69) is 0 Å². The Morgan fingerprint density at radius 2 is 1.92 bits per heavy atom. The van der Waals surface area contributed by atoms with E-state index in [0.717, 1.165) is 27.6 Å². The van der Waals surface area contributed by atoms with E-state index in [9.17, 15) is 13.2 Å². The molecule has 6 heteroatoms. The molecule has 0 aliphatic heterocycles. The van der Waals surface area contributed by atoms with E-state index in [1.54, 1.807) is 12.1 Å². The Kier molecular flexibility index (Phi) is 4.09. The molecule has 2 nitrogen and oxygen atoms in total. The Morgan fingerprint density at radius 1 is 1.17 bits per heavy atom. The number of halogens is 3. The Morgan fingerprint density at radius 3 is 2.58 bits per heavy atom.